The Morgan fingerprint density at radius 3 is 2.63 bits per heavy atom. The number of hydrogen-bond donors (Lipinski definition) is 2. The number of carbonyl (C=O) groups excluding carboxylic acids is 1. The minimum Gasteiger partial charge on any atom is -0.454 e. The molecule has 2 aliphatic rings. The first-order valence-electron chi connectivity index (χ1n) is 10.7. The number of carbonyl (C=O) groups is 1. The highest BCUT2D eigenvalue weighted by Gasteiger charge is 2.26. The van der Waals surface area contributed by atoms with Crippen molar-refractivity contribution in [3.63, 3.8) is 0 Å². The van der Waals surface area contributed by atoms with Crippen LogP contribution in [0.15, 0.2) is 23.2 Å². The lowest BCUT2D eigenvalue weighted by atomic mass is 9.97. The molecule has 1 fully saturated rings. The van der Waals surface area contributed by atoms with Gasteiger partial charge >= 0.3 is 6.09 Å². The smallest absolute Gasteiger partial charge is 0.410 e. The summed E-state index contributed by atoms with van der Waals surface area (Å²) in [6, 6.07) is 5.90. The number of amides is 1. The van der Waals surface area contributed by atoms with Gasteiger partial charge in [-0.05, 0) is 64.2 Å². The third-order valence-electron chi connectivity index (χ3n) is 5.03. The number of piperidine rings is 1. The Balaban J connectivity index is 1.46. The van der Waals surface area contributed by atoms with Gasteiger partial charge in [-0.2, -0.15) is 0 Å². The monoisotopic (exact) mass is 418 g/mol. The zero-order valence-electron chi connectivity index (χ0n) is 18.5. The van der Waals surface area contributed by atoms with Crippen molar-refractivity contribution >= 4 is 12.1 Å². The molecule has 3 rings (SSSR count). The third-order valence-corrected chi connectivity index (χ3v) is 5.03. The van der Waals surface area contributed by atoms with Crippen molar-refractivity contribution in [2.45, 2.75) is 52.7 Å². The number of nitrogens with zero attached hydrogens (tertiary/aromatic N) is 2. The molecule has 0 saturated carbocycles. The molecule has 8 nitrogen and oxygen atoms in total. The van der Waals surface area contributed by atoms with Crippen LogP contribution in [0.3, 0.4) is 0 Å². The fourth-order valence-corrected chi connectivity index (χ4v) is 3.44. The summed E-state index contributed by atoms with van der Waals surface area (Å²) in [5.41, 5.74) is 0.618. The molecule has 0 aromatic heterocycles. The Morgan fingerprint density at radius 1 is 1.20 bits per heavy atom. The number of ether oxygens (including phenoxy) is 3. The van der Waals surface area contributed by atoms with Gasteiger partial charge < -0.3 is 29.7 Å². The Bertz CT molecular complexity index is 752. The summed E-state index contributed by atoms with van der Waals surface area (Å²) in [5.74, 6) is 2.85. The Hall–Kier alpha value is -2.64. The molecule has 1 aromatic carbocycles. The van der Waals surface area contributed by atoms with E-state index in [2.05, 4.69) is 17.6 Å². The first kappa shape index (κ1) is 22.1. The number of benzene rings is 1. The summed E-state index contributed by atoms with van der Waals surface area (Å²) in [6.07, 6.45) is 1.69. The lowest BCUT2D eigenvalue weighted by Gasteiger charge is -2.33. The minimum absolute atomic E-state index is 0.215. The first-order chi connectivity index (χ1) is 14.3. The van der Waals surface area contributed by atoms with E-state index < -0.39 is 5.60 Å². The molecule has 0 unspecified atom stereocenters. The molecule has 0 radical (unpaired) electrons. The highest BCUT2D eigenvalue weighted by Crippen LogP contribution is 2.32. The van der Waals surface area contributed by atoms with Crippen LogP contribution in [0.4, 0.5) is 4.79 Å². The van der Waals surface area contributed by atoms with E-state index in [1.165, 1.54) is 0 Å². The molecule has 1 aromatic rings. The Labute approximate surface area is 179 Å². The van der Waals surface area contributed by atoms with Crippen LogP contribution in [-0.4, -0.2) is 55.5 Å². The molecule has 166 valence electrons. The third kappa shape index (κ3) is 6.43. The first-order valence-corrected chi connectivity index (χ1v) is 10.7. The fourth-order valence-electron chi connectivity index (χ4n) is 3.44. The number of aliphatic imine (C=N–C) groups is 1. The molecule has 1 saturated heterocycles. The van der Waals surface area contributed by atoms with E-state index in [9.17, 15) is 4.79 Å². The number of nitrogens with one attached hydrogen (secondary N) is 2. The van der Waals surface area contributed by atoms with Gasteiger partial charge in [-0.3, -0.25) is 0 Å². The maximum atomic E-state index is 12.2. The van der Waals surface area contributed by atoms with Crippen molar-refractivity contribution in [1.29, 1.82) is 0 Å². The van der Waals surface area contributed by atoms with E-state index in [1.807, 2.05) is 39.0 Å². The number of likely N-dealkylation sites (tertiary alicyclic amines) is 1. The van der Waals surface area contributed by atoms with Crippen LogP contribution in [0.5, 0.6) is 11.5 Å². The van der Waals surface area contributed by atoms with Crippen LogP contribution >= 0.6 is 0 Å². The molecule has 2 aliphatic heterocycles. The number of guanidine groups is 1. The van der Waals surface area contributed by atoms with Gasteiger partial charge in [0.25, 0.3) is 0 Å². The average molecular weight is 419 g/mol. The molecule has 0 bridgehead atoms. The van der Waals surface area contributed by atoms with Gasteiger partial charge in [0.05, 0.1) is 6.54 Å². The highest BCUT2D eigenvalue weighted by atomic mass is 16.7. The number of hydrogen-bond acceptors (Lipinski definition) is 5. The van der Waals surface area contributed by atoms with Crippen molar-refractivity contribution in [2.75, 3.05) is 33.0 Å². The van der Waals surface area contributed by atoms with E-state index >= 15 is 0 Å². The average Bonchev–Trinajstić information content (AvgIpc) is 3.17. The summed E-state index contributed by atoms with van der Waals surface area (Å²) in [4.78, 5) is 18.7. The van der Waals surface area contributed by atoms with Crippen molar-refractivity contribution in [3.05, 3.63) is 23.8 Å². The molecule has 30 heavy (non-hydrogen) atoms. The van der Waals surface area contributed by atoms with E-state index in [0.717, 1.165) is 62.0 Å². The van der Waals surface area contributed by atoms with Crippen LogP contribution in [0.1, 0.15) is 46.1 Å². The quantitative estimate of drug-likeness (QED) is 0.565. The Morgan fingerprint density at radius 2 is 1.93 bits per heavy atom. The molecule has 0 spiro atoms. The van der Waals surface area contributed by atoms with Crippen molar-refractivity contribution in [2.24, 2.45) is 10.9 Å². The van der Waals surface area contributed by atoms with E-state index in [-0.39, 0.29) is 12.9 Å². The largest absolute Gasteiger partial charge is 0.454 e. The standard InChI is InChI=1S/C22H34N4O4/c1-5-23-20(25-14-17-6-7-18-19(12-17)29-15-28-18)24-13-16-8-10-26(11-9-16)21(27)30-22(2,3)4/h6-7,12,16H,5,8-11,13-15H2,1-4H3,(H2,23,24,25). The van der Waals surface area contributed by atoms with Gasteiger partial charge in [-0.25, -0.2) is 9.79 Å². The van der Waals surface area contributed by atoms with Crippen LogP contribution in [0.25, 0.3) is 0 Å². The maximum Gasteiger partial charge on any atom is 0.410 e. The molecule has 2 N–H and O–H groups in total. The molecule has 0 atom stereocenters. The molecule has 2 heterocycles. The van der Waals surface area contributed by atoms with Crippen LogP contribution in [0, 0.1) is 5.92 Å². The maximum absolute atomic E-state index is 12.2. The van der Waals surface area contributed by atoms with Gasteiger partial charge in [-0.1, -0.05) is 6.07 Å². The van der Waals surface area contributed by atoms with Crippen molar-refractivity contribution in [3.8, 4) is 11.5 Å². The lowest BCUT2D eigenvalue weighted by molar-refractivity contribution is 0.0185. The van der Waals surface area contributed by atoms with Crippen molar-refractivity contribution < 1.29 is 19.0 Å². The molecule has 8 heteroatoms. The van der Waals surface area contributed by atoms with Crippen LogP contribution in [-0.2, 0) is 11.3 Å². The Kier molecular flexibility index (Phi) is 7.29. The van der Waals surface area contributed by atoms with Crippen LogP contribution in [0.2, 0.25) is 0 Å². The summed E-state index contributed by atoms with van der Waals surface area (Å²) in [7, 11) is 0. The fraction of sp³-hybridized carbons (Fsp3) is 0.636. The molecular weight excluding hydrogens is 384 g/mol. The van der Waals surface area contributed by atoms with Gasteiger partial charge in [-0.15, -0.1) is 0 Å². The normalized spacial score (nSPS) is 17.1. The van der Waals surface area contributed by atoms with Gasteiger partial charge in [0.2, 0.25) is 6.79 Å². The summed E-state index contributed by atoms with van der Waals surface area (Å²) in [5, 5.41) is 6.74. The van der Waals surface area contributed by atoms with Gasteiger partial charge in [0.1, 0.15) is 5.60 Å². The second-order valence-electron chi connectivity index (χ2n) is 8.67. The second kappa shape index (κ2) is 9.91. The minimum atomic E-state index is -0.454. The highest BCUT2D eigenvalue weighted by molar-refractivity contribution is 5.79. The zero-order valence-corrected chi connectivity index (χ0v) is 18.5. The molecular formula is C22H34N4O4. The number of rotatable bonds is 5. The lowest BCUT2D eigenvalue weighted by Crippen LogP contribution is -2.45. The topological polar surface area (TPSA) is 84.4 Å². The van der Waals surface area contributed by atoms with Crippen LogP contribution < -0.4 is 20.1 Å². The van der Waals surface area contributed by atoms with Gasteiger partial charge in [0, 0.05) is 26.2 Å². The second-order valence-corrected chi connectivity index (χ2v) is 8.67. The van der Waals surface area contributed by atoms with E-state index in [0.29, 0.717) is 12.5 Å². The zero-order chi connectivity index (χ0) is 21.6. The predicted molar refractivity (Wildman–Crippen MR) is 116 cm³/mol. The predicted octanol–water partition coefficient (Wildman–Crippen LogP) is 3.12. The van der Waals surface area contributed by atoms with E-state index in [4.69, 9.17) is 19.2 Å². The SMILES string of the molecule is CCNC(=NCc1ccc2c(c1)OCO2)NCC1CCN(C(=O)OC(C)(C)C)CC1. The van der Waals surface area contributed by atoms with Crippen molar-refractivity contribution in [1.82, 2.24) is 15.5 Å². The summed E-state index contributed by atoms with van der Waals surface area (Å²) >= 11 is 0. The van der Waals surface area contributed by atoms with E-state index in [1.54, 1.807) is 4.90 Å². The summed E-state index contributed by atoms with van der Waals surface area (Å²) in [6.45, 7) is 11.7. The molecule has 1 amide bonds. The summed E-state index contributed by atoms with van der Waals surface area (Å²) < 4.78 is 16.3. The molecule has 0 aliphatic carbocycles. The number of fused-ring (bicyclic) bond motifs is 1. The van der Waals surface area contributed by atoms with Gasteiger partial charge in [0.15, 0.2) is 17.5 Å².